The second-order valence-corrected chi connectivity index (χ2v) is 8.22. The van der Waals surface area contributed by atoms with Crippen molar-refractivity contribution in [3.05, 3.63) is 113 Å². The number of rotatable bonds is 6. The molecule has 4 aromatic rings. The zero-order chi connectivity index (χ0) is 23.4. The first-order valence-corrected chi connectivity index (χ1v) is 10.7. The molecule has 0 aliphatic rings. The molecule has 0 saturated carbocycles. The first-order valence-electron chi connectivity index (χ1n) is 10.7. The van der Waals surface area contributed by atoms with Crippen molar-refractivity contribution in [3.63, 3.8) is 0 Å². The Kier molecular flexibility index (Phi) is 6.36. The van der Waals surface area contributed by atoms with Crippen LogP contribution in [-0.4, -0.2) is 21.4 Å². The summed E-state index contributed by atoms with van der Waals surface area (Å²) < 4.78 is 1.86. The van der Waals surface area contributed by atoms with Crippen LogP contribution in [0.15, 0.2) is 79.3 Å². The summed E-state index contributed by atoms with van der Waals surface area (Å²) in [5.74, 6) is -0.379. The Morgan fingerprint density at radius 3 is 2.33 bits per heavy atom. The normalized spacial score (nSPS) is 10.6. The van der Waals surface area contributed by atoms with Gasteiger partial charge in [-0.15, -0.1) is 0 Å². The number of amides is 2. The van der Waals surface area contributed by atoms with E-state index in [9.17, 15) is 9.59 Å². The minimum atomic E-state index is -0.241. The molecule has 0 atom stereocenters. The van der Waals surface area contributed by atoms with Gasteiger partial charge in [-0.2, -0.15) is 0 Å². The molecule has 6 heteroatoms. The van der Waals surface area contributed by atoms with Gasteiger partial charge in [0.25, 0.3) is 11.8 Å². The lowest BCUT2D eigenvalue weighted by atomic mass is 10.1. The second-order valence-electron chi connectivity index (χ2n) is 8.22. The highest BCUT2D eigenvalue weighted by Gasteiger charge is 2.12. The summed E-state index contributed by atoms with van der Waals surface area (Å²) in [6, 6.07) is 21.0. The maximum atomic E-state index is 12.6. The summed E-state index contributed by atoms with van der Waals surface area (Å²) in [7, 11) is 0. The van der Waals surface area contributed by atoms with Crippen LogP contribution in [0.3, 0.4) is 0 Å². The van der Waals surface area contributed by atoms with Crippen molar-refractivity contribution in [1.82, 2.24) is 9.55 Å². The van der Waals surface area contributed by atoms with Crippen LogP contribution in [0.5, 0.6) is 0 Å². The van der Waals surface area contributed by atoms with Crippen LogP contribution in [-0.2, 0) is 6.54 Å². The summed E-state index contributed by atoms with van der Waals surface area (Å²) in [6.45, 7) is 6.51. The van der Waals surface area contributed by atoms with Gasteiger partial charge < -0.3 is 15.2 Å². The number of nitrogens with zero attached hydrogens (tertiary/aromatic N) is 2. The quantitative estimate of drug-likeness (QED) is 0.425. The Bertz CT molecular complexity index is 1310. The fourth-order valence-corrected chi connectivity index (χ4v) is 3.60. The fourth-order valence-electron chi connectivity index (χ4n) is 3.60. The lowest BCUT2D eigenvalue weighted by Crippen LogP contribution is -2.13. The van der Waals surface area contributed by atoms with Gasteiger partial charge in [0, 0.05) is 29.7 Å². The molecular weight excluding hydrogens is 412 g/mol. The van der Waals surface area contributed by atoms with Crippen LogP contribution in [0, 0.1) is 20.8 Å². The second kappa shape index (κ2) is 9.53. The van der Waals surface area contributed by atoms with Crippen molar-refractivity contribution in [2.45, 2.75) is 27.3 Å². The molecule has 166 valence electrons. The molecule has 0 saturated heterocycles. The lowest BCUT2D eigenvalue weighted by Gasteiger charge is -2.08. The van der Waals surface area contributed by atoms with Crippen molar-refractivity contribution in [2.24, 2.45) is 0 Å². The Morgan fingerprint density at radius 1 is 0.848 bits per heavy atom. The molecule has 0 aliphatic carbocycles. The standard InChI is InChI=1S/C27H26N4O2/c1-18-5-4-6-22(14-18)26(32)29-23-10-8-21(9-11-23)15-31-16-25(28-17-31)27(33)30-24-12-7-19(2)13-20(24)3/h4-14,16-17H,15H2,1-3H3,(H,29,32)(H,30,33). The van der Waals surface area contributed by atoms with E-state index in [4.69, 9.17) is 0 Å². The third-order valence-electron chi connectivity index (χ3n) is 5.35. The topological polar surface area (TPSA) is 76.0 Å². The van der Waals surface area contributed by atoms with Gasteiger partial charge in [-0.05, 0) is 62.2 Å². The molecule has 0 unspecified atom stereocenters. The lowest BCUT2D eigenvalue weighted by molar-refractivity contribution is 0.101. The predicted molar refractivity (Wildman–Crippen MR) is 131 cm³/mol. The number of carbonyl (C=O) groups is 2. The fraction of sp³-hybridized carbons (Fsp3) is 0.148. The average molecular weight is 439 g/mol. The van der Waals surface area contributed by atoms with Crippen molar-refractivity contribution < 1.29 is 9.59 Å². The largest absolute Gasteiger partial charge is 0.332 e. The van der Waals surface area contributed by atoms with E-state index in [1.165, 1.54) is 0 Å². The monoisotopic (exact) mass is 438 g/mol. The number of aryl methyl sites for hydroxylation is 3. The number of carbonyl (C=O) groups excluding carboxylic acids is 2. The Labute approximate surface area is 193 Å². The van der Waals surface area contributed by atoms with Gasteiger partial charge in [0.2, 0.25) is 0 Å². The third kappa shape index (κ3) is 5.54. The van der Waals surface area contributed by atoms with E-state index in [-0.39, 0.29) is 11.8 Å². The van der Waals surface area contributed by atoms with Crippen molar-refractivity contribution >= 4 is 23.2 Å². The smallest absolute Gasteiger partial charge is 0.275 e. The highest BCUT2D eigenvalue weighted by atomic mass is 16.2. The van der Waals surface area contributed by atoms with Crippen molar-refractivity contribution in [1.29, 1.82) is 0 Å². The summed E-state index contributed by atoms with van der Waals surface area (Å²) in [4.78, 5) is 29.2. The van der Waals surface area contributed by atoms with E-state index in [0.29, 0.717) is 17.8 Å². The van der Waals surface area contributed by atoms with Gasteiger partial charge in [0.1, 0.15) is 5.69 Å². The van der Waals surface area contributed by atoms with Crippen LogP contribution >= 0.6 is 0 Å². The Balaban J connectivity index is 1.37. The number of nitrogens with one attached hydrogen (secondary N) is 2. The van der Waals surface area contributed by atoms with Gasteiger partial charge in [-0.1, -0.05) is 47.5 Å². The van der Waals surface area contributed by atoms with Gasteiger partial charge in [-0.25, -0.2) is 4.98 Å². The van der Waals surface area contributed by atoms with E-state index in [1.807, 2.05) is 86.0 Å². The molecule has 0 bridgehead atoms. The molecule has 6 nitrogen and oxygen atoms in total. The van der Waals surface area contributed by atoms with Gasteiger partial charge in [0.05, 0.1) is 6.33 Å². The summed E-state index contributed by atoms with van der Waals surface area (Å²) >= 11 is 0. The van der Waals surface area contributed by atoms with Gasteiger partial charge in [0.15, 0.2) is 0 Å². The average Bonchev–Trinajstić information content (AvgIpc) is 3.25. The number of benzene rings is 3. The van der Waals surface area contributed by atoms with Gasteiger partial charge >= 0.3 is 0 Å². The number of aromatic nitrogens is 2. The van der Waals surface area contributed by atoms with E-state index in [1.54, 1.807) is 18.6 Å². The van der Waals surface area contributed by atoms with Crippen LogP contribution < -0.4 is 10.6 Å². The van der Waals surface area contributed by atoms with E-state index >= 15 is 0 Å². The molecule has 0 spiro atoms. The molecule has 0 fully saturated rings. The van der Waals surface area contributed by atoms with Crippen LogP contribution in [0.2, 0.25) is 0 Å². The molecule has 2 N–H and O–H groups in total. The number of anilines is 2. The number of hydrogen-bond acceptors (Lipinski definition) is 3. The Hall–Kier alpha value is -4.19. The molecule has 1 aromatic heterocycles. The molecule has 0 aliphatic heterocycles. The first kappa shape index (κ1) is 22.0. The first-order chi connectivity index (χ1) is 15.9. The molecule has 0 radical (unpaired) electrons. The molecule has 33 heavy (non-hydrogen) atoms. The summed E-state index contributed by atoms with van der Waals surface area (Å²) in [5, 5.41) is 5.83. The third-order valence-corrected chi connectivity index (χ3v) is 5.35. The number of hydrogen-bond donors (Lipinski definition) is 2. The van der Waals surface area contributed by atoms with Crippen LogP contribution in [0.4, 0.5) is 11.4 Å². The van der Waals surface area contributed by atoms with E-state index < -0.39 is 0 Å². The molecule has 1 heterocycles. The van der Waals surface area contributed by atoms with Crippen molar-refractivity contribution in [3.8, 4) is 0 Å². The minimum absolute atomic E-state index is 0.138. The highest BCUT2D eigenvalue weighted by Crippen LogP contribution is 2.17. The number of imidazole rings is 1. The van der Waals surface area contributed by atoms with Gasteiger partial charge in [-0.3, -0.25) is 9.59 Å². The Morgan fingerprint density at radius 2 is 1.61 bits per heavy atom. The maximum absolute atomic E-state index is 12.6. The molecule has 4 rings (SSSR count). The highest BCUT2D eigenvalue weighted by molar-refractivity contribution is 6.04. The molecule has 2 amide bonds. The van der Waals surface area contributed by atoms with Crippen molar-refractivity contribution in [2.75, 3.05) is 10.6 Å². The summed E-state index contributed by atoms with van der Waals surface area (Å²) in [5.41, 5.74) is 6.73. The zero-order valence-corrected chi connectivity index (χ0v) is 18.9. The minimum Gasteiger partial charge on any atom is -0.332 e. The maximum Gasteiger partial charge on any atom is 0.275 e. The molecular formula is C27H26N4O2. The van der Waals surface area contributed by atoms with E-state index in [2.05, 4.69) is 15.6 Å². The SMILES string of the molecule is Cc1cccc(C(=O)Nc2ccc(Cn3cnc(C(=O)Nc4ccc(C)cc4C)c3)cc2)c1. The van der Waals surface area contributed by atoms with Crippen LogP contribution in [0.1, 0.15) is 43.1 Å². The van der Waals surface area contributed by atoms with E-state index in [0.717, 1.165) is 33.6 Å². The zero-order valence-electron chi connectivity index (χ0n) is 18.9. The predicted octanol–water partition coefficient (Wildman–Crippen LogP) is 5.36. The van der Waals surface area contributed by atoms with Crippen LogP contribution in [0.25, 0.3) is 0 Å². The summed E-state index contributed by atoms with van der Waals surface area (Å²) in [6.07, 6.45) is 3.37. The molecule has 3 aromatic carbocycles.